The minimum atomic E-state index is -4.06. The van der Waals surface area contributed by atoms with Crippen LogP contribution in [0, 0.1) is 13.8 Å². The molecule has 42 heavy (non-hydrogen) atoms. The first-order valence-electron chi connectivity index (χ1n) is 12.7. The van der Waals surface area contributed by atoms with E-state index in [2.05, 4.69) is 31.2 Å². The molecule has 0 aliphatic carbocycles. The lowest BCUT2D eigenvalue weighted by atomic mass is 10.1. The largest absolute Gasteiger partial charge is 0.379 e. The number of hydrazone groups is 1. The fourth-order valence-electron chi connectivity index (χ4n) is 3.75. The molecule has 9 nitrogen and oxygen atoms in total. The third-order valence-electron chi connectivity index (χ3n) is 6.08. The molecule has 4 rings (SSSR count). The molecule has 1 atom stereocenters. The lowest BCUT2D eigenvalue weighted by Crippen LogP contribution is -2.46. The Labute approximate surface area is 253 Å². The Kier molecular flexibility index (Phi) is 9.94. The Morgan fingerprint density at radius 3 is 1.93 bits per heavy atom. The summed E-state index contributed by atoms with van der Waals surface area (Å²) in [5, 5.41) is 3.98. The van der Waals surface area contributed by atoms with Crippen molar-refractivity contribution in [3.8, 4) is 5.75 Å². The maximum absolute atomic E-state index is 13.1. The molecule has 0 saturated heterocycles. The molecule has 0 radical (unpaired) electrons. The van der Waals surface area contributed by atoms with E-state index in [4.69, 9.17) is 4.18 Å². The minimum Gasteiger partial charge on any atom is -0.379 e. The standard InChI is InChI=1S/C30H28BrN3O6S2/c1-21-3-15-27(16-4-21)41(36,37)34-29(30(35)33-32-20-24-7-11-25(31)12-8-24)19-23-9-13-26(14-10-23)40-42(38,39)28-17-5-22(2)6-18-28/h3-18,20,29,34H,19H2,1-2H3,(H,33,35)/b32-20+/t29-/m0/s1. The normalized spacial score (nSPS) is 12.6. The van der Waals surface area contributed by atoms with Crippen molar-refractivity contribution >= 4 is 48.2 Å². The van der Waals surface area contributed by atoms with Crippen molar-refractivity contribution in [2.45, 2.75) is 36.1 Å². The Hall–Kier alpha value is -3.84. The fraction of sp³-hybridized carbons (Fsp3) is 0.133. The second-order valence-electron chi connectivity index (χ2n) is 9.47. The number of hydrogen-bond donors (Lipinski definition) is 2. The van der Waals surface area contributed by atoms with Gasteiger partial charge in [0.2, 0.25) is 10.0 Å². The highest BCUT2D eigenvalue weighted by Crippen LogP contribution is 2.21. The molecule has 1 amide bonds. The van der Waals surface area contributed by atoms with Crippen molar-refractivity contribution in [2.24, 2.45) is 5.10 Å². The highest BCUT2D eigenvalue weighted by atomic mass is 79.9. The van der Waals surface area contributed by atoms with Gasteiger partial charge >= 0.3 is 10.1 Å². The van der Waals surface area contributed by atoms with Crippen LogP contribution >= 0.6 is 15.9 Å². The summed E-state index contributed by atoms with van der Waals surface area (Å²) < 4.78 is 60.1. The number of amides is 1. The van der Waals surface area contributed by atoms with Crippen LogP contribution in [0.4, 0.5) is 0 Å². The number of carbonyl (C=O) groups excluding carboxylic acids is 1. The molecule has 0 unspecified atom stereocenters. The molecule has 4 aromatic rings. The molecular formula is C30H28BrN3O6S2. The number of sulfonamides is 1. The SMILES string of the molecule is Cc1ccc(S(=O)(=O)N[C@@H](Cc2ccc(OS(=O)(=O)c3ccc(C)cc3)cc2)C(=O)N/N=C/c2ccc(Br)cc2)cc1. The maximum atomic E-state index is 13.1. The molecule has 0 saturated carbocycles. The Balaban J connectivity index is 1.51. The first kappa shape index (κ1) is 31.1. The Morgan fingerprint density at radius 2 is 1.36 bits per heavy atom. The molecule has 0 spiro atoms. The van der Waals surface area contributed by atoms with Crippen LogP contribution in [0.3, 0.4) is 0 Å². The molecule has 0 bridgehead atoms. The zero-order chi connectivity index (χ0) is 30.3. The van der Waals surface area contributed by atoms with Crippen LogP contribution in [0.15, 0.2) is 116 Å². The Morgan fingerprint density at radius 1 is 0.810 bits per heavy atom. The number of nitrogens with zero attached hydrogens (tertiary/aromatic N) is 1. The first-order valence-corrected chi connectivity index (χ1v) is 16.4. The van der Waals surface area contributed by atoms with Gasteiger partial charge in [-0.15, -0.1) is 0 Å². The summed E-state index contributed by atoms with van der Waals surface area (Å²) in [5.74, 6) is -0.610. The first-order chi connectivity index (χ1) is 19.9. The monoisotopic (exact) mass is 669 g/mol. The number of rotatable bonds is 11. The van der Waals surface area contributed by atoms with Gasteiger partial charge in [-0.1, -0.05) is 75.6 Å². The summed E-state index contributed by atoms with van der Waals surface area (Å²) in [4.78, 5) is 13.2. The predicted molar refractivity (Wildman–Crippen MR) is 164 cm³/mol. The van der Waals surface area contributed by atoms with Gasteiger partial charge in [-0.05, 0) is 79.9 Å². The average Bonchev–Trinajstić information content (AvgIpc) is 2.95. The second kappa shape index (κ2) is 13.4. The lowest BCUT2D eigenvalue weighted by Gasteiger charge is -2.18. The Bertz CT molecular complexity index is 1770. The molecule has 0 aromatic heterocycles. The van der Waals surface area contributed by atoms with Crippen LogP contribution in [-0.4, -0.2) is 35.0 Å². The van der Waals surface area contributed by atoms with Crippen molar-refractivity contribution < 1.29 is 25.8 Å². The van der Waals surface area contributed by atoms with Crippen LogP contribution in [0.1, 0.15) is 22.3 Å². The molecule has 4 aromatic carbocycles. The third-order valence-corrected chi connectivity index (χ3v) is 9.36. The number of hydrogen-bond acceptors (Lipinski definition) is 7. The summed E-state index contributed by atoms with van der Waals surface area (Å²) in [5.41, 5.74) is 5.48. The van der Waals surface area contributed by atoms with Crippen LogP contribution in [-0.2, 0) is 31.4 Å². The molecule has 12 heteroatoms. The third kappa shape index (κ3) is 8.58. The molecule has 0 aliphatic rings. The highest BCUT2D eigenvalue weighted by molar-refractivity contribution is 9.10. The van der Waals surface area contributed by atoms with Gasteiger partial charge in [0.25, 0.3) is 5.91 Å². The van der Waals surface area contributed by atoms with Crippen LogP contribution in [0.2, 0.25) is 0 Å². The summed E-state index contributed by atoms with van der Waals surface area (Å²) in [6, 6.07) is 24.5. The van der Waals surface area contributed by atoms with E-state index < -0.39 is 32.1 Å². The number of halogens is 1. The fourth-order valence-corrected chi connectivity index (χ4v) is 6.14. The van der Waals surface area contributed by atoms with E-state index in [1.807, 2.05) is 26.0 Å². The molecular weight excluding hydrogens is 642 g/mol. The number of carbonyl (C=O) groups is 1. The molecule has 218 valence electrons. The van der Waals surface area contributed by atoms with E-state index in [0.717, 1.165) is 21.2 Å². The average molecular weight is 671 g/mol. The van der Waals surface area contributed by atoms with Crippen LogP contribution in [0.5, 0.6) is 5.75 Å². The van der Waals surface area contributed by atoms with Crippen LogP contribution in [0.25, 0.3) is 0 Å². The van der Waals surface area contributed by atoms with Crippen molar-refractivity contribution in [3.05, 3.63) is 124 Å². The molecule has 2 N–H and O–H groups in total. The highest BCUT2D eigenvalue weighted by Gasteiger charge is 2.26. The van der Waals surface area contributed by atoms with E-state index in [0.29, 0.717) is 5.56 Å². The summed E-state index contributed by atoms with van der Waals surface area (Å²) >= 11 is 3.35. The summed E-state index contributed by atoms with van der Waals surface area (Å²) in [6.07, 6.45) is 1.40. The minimum absolute atomic E-state index is 0.00863. The molecule has 0 heterocycles. The van der Waals surface area contributed by atoms with E-state index in [9.17, 15) is 21.6 Å². The topological polar surface area (TPSA) is 131 Å². The molecule has 0 aliphatic heterocycles. The zero-order valence-corrected chi connectivity index (χ0v) is 25.9. The summed E-state index contributed by atoms with van der Waals surface area (Å²) in [6.45, 7) is 3.68. The van der Waals surface area contributed by atoms with Crippen molar-refractivity contribution in [1.82, 2.24) is 10.1 Å². The maximum Gasteiger partial charge on any atom is 0.339 e. The van der Waals surface area contributed by atoms with Crippen molar-refractivity contribution in [2.75, 3.05) is 0 Å². The van der Waals surface area contributed by atoms with Crippen molar-refractivity contribution in [3.63, 3.8) is 0 Å². The van der Waals surface area contributed by atoms with Gasteiger partial charge in [0.1, 0.15) is 16.7 Å². The van der Waals surface area contributed by atoms with E-state index in [1.54, 1.807) is 48.5 Å². The van der Waals surface area contributed by atoms with E-state index in [1.165, 1.54) is 42.6 Å². The van der Waals surface area contributed by atoms with Gasteiger partial charge in [0, 0.05) is 4.47 Å². The van der Waals surface area contributed by atoms with Gasteiger partial charge in [0.05, 0.1) is 11.1 Å². The lowest BCUT2D eigenvalue weighted by molar-refractivity contribution is -0.122. The second-order valence-corrected chi connectivity index (χ2v) is 13.6. The number of nitrogens with one attached hydrogen (secondary N) is 2. The van der Waals surface area contributed by atoms with Gasteiger partial charge in [-0.3, -0.25) is 4.79 Å². The van der Waals surface area contributed by atoms with Crippen molar-refractivity contribution in [1.29, 1.82) is 0 Å². The smallest absolute Gasteiger partial charge is 0.339 e. The molecule has 0 fully saturated rings. The summed E-state index contributed by atoms with van der Waals surface area (Å²) in [7, 11) is -8.11. The van der Waals surface area contributed by atoms with Crippen LogP contribution < -0.4 is 14.3 Å². The quantitative estimate of drug-likeness (QED) is 0.133. The van der Waals surface area contributed by atoms with Gasteiger partial charge in [-0.2, -0.15) is 18.2 Å². The van der Waals surface area contributed by atoms with Gasteiger partial charge in [0.15, 0.2) is 0 Å². The van der Waals surface area contributed by atoms with Gasteiger partial charge in [-0.25, -0.2) is 13.8 Å². The number of aryl methyl sites for hydroxylation is 2. The van der Waals surface area contributed by atoms with E-state index >= 15 is 0 Å². The zero-order valence-electron chi connectivity index (χ0n) is 22.7. The predicted octanol–water partition coefficient (Wildman–Crippen LogP) is 4.87. The van der Waals surface area contributed by atoms with Gasteiger partial charge < -0.3 is 4.18 Å². The van der Waals surface area contributed by atoms with E-state index in [-0.39, 0.29) is 22.0 Å². The number of benzene rings is 4.